The molecule has 17 heavy (non-hydrogen) atoms. The summed E-state index contributed by atoms with van der Waals surface area (Å²) in [7, 11) is 0. The second kappa shape index (κ2) is 4.66. The van der Waals surface area contributed by atoms with Crippen molar-refractivity contribution in [1.82, 2.24) is 9.87 Å². The fourth-order valence-electron chi connectivity index (χ4n) is 1.49. The van der Waals surface area contributed by atoms with Crippen molar-refractivity contribution in [3.63, 3.8) is 0 Å². The second-order valence-electron chi connectivity index (χ2n) is 3.48. The minimum atomic E-state index is -2.64. The first-order valence-corrected chi connectivity index (χ1v) is 5.79. The molecule has 1 heterocycles. The summed E-state index contributed by atoms with van der Waals surface area (Å²) in [6.07, 6.45) is 0. The summed E-state index contributed by atoms with van der Waals surface area (Å²) >= 11 is -2.64. The van der Waals surface area contributed by atoms with Gasteiger partial charge in [-0.2, -0.15) is 0 Å². The molecule has 7 heteroatoms. The van der Waals surface area contributed by atoms with Crippen molar-refractivity contribution in [2.75, 3.05) is 0 Å². The van der Waals surface area contributed by atoms with Crippen molar-refractivity contribution in [2.24, 2.45) is 0 Å². The Morgan fingerprint density at radius 1 is 1.47 bits per heavy atom. The van der Waals surface area contributed by atoms with Crippen molar-refractivity contribution < 1.29 is 18.4 Å². The summed E-state index contributed by atoms with van der Waals surface area (Å²) in [5, 5.41) is 0.861. The zero-order valence-electron chi connectivity index (χ0n) is 8.85. The van der Waals surface area contributed by atoms with Crippen LogP contribution in [0.15, 0.2) is 24.3 Å². The third kappa shape index (κ3) is 2.70. The molecule has 0 radical (unpaired) electrons. The average molecular weight is 253 g/mol. The van der Waals surface area contributed by atoms with Gasteiger partial charge in [0, 0.05) is 10.9 Å². The highest BCUT2D eigenvalue weighted by atomic mass is 32.2. The van der Waals surface area contributed by atoms with Crippen LogP contribution in [0.5, 0.6) is 0 Å². The number of carbonyl (C=O) groups excluding carboxylic acids is 1. The maximum Gasteiger partial charge on any atom is 0.374 e. The van der Waals surface area contributed by atoms with Crippen LogP contribution >= 0.6 is 0 Å². The summed E-state index contributed by atoms with van der Waals surface area (Å²) in [4.78, 5) is 20.1. The Balaban J connectivity index is 2.24. The number of carbonyl (C=O) groups is 1. The fraction of sp³-hybridized carbons (Fsp3) is 0.100. The lowest BCUT2D eigenvalue weighted by molar-refractivity contribution is 0.0398. The van der Waals surface area contributed by atoms with Crippen LogP contribution in [0.2, 0.25) is 0 Å². The van der Waals surface area contributed by atoms with E-state index in [1.165, 1.54) is 0 Å². The molecule has 0 fully saturated rings. The van der Waals surface area contributed by atoms with Crippen molar-refractivity contribution in [3.8, 4) is 0 Å². The Hall–Kier alpha value is -1.70. The van der Waals surface area contributed by atoms with Crippen LogP contribution in [0.4, 0.5) is 0 Å². The highest BCUT2D eigenvalue weighted by Gasteiger charge is 2.11. The van der Waals surface area contributed by atoms with Gasteiger partial charge in [-0.25, -0.2) is 4.79 Å². The van der Waals surface area contributed by atoms with Gasteiger partial charge in [0.05, 0.1) is 11.3 Å². The van der Waals surface area contributed by atoms with E-state index >= 15 is 0 Å². The molecule has 0 saturated heterocycles. The number of fused-ring (bicyclic) bond motifs is 1. The number of hydrogen-bond acceptors (Lipinski definition) is 4. The minimum absolute atomic E-state index is 0.184. The van der Waals surface area contributed by atoms with Crippen LogP contribution < -0.4 is 4.89 Å². The number of benzene rings is 1. The smallest absolute Gasteiger partial charge is 0.374 e. The topological polar surface area (TPSA) is 94.2 Å². The van der Waals surface area contributed by atoms with Crippen molar-refractivity contribution in [2.45, 2.75) is 6.92 Å². The monoisotopic (exact) mass is 253 g/mol. The number of aromatic nitrogens is 1. The van der Waals surface area contributed by atoms with Gasteiger partial charge in [0.25, 0.3) is 0 Å². The van der Waals surface area contributed by atoms with E-state index < -0.39 is 17.2 Å². The van der Waals surface area contributed by atoms with Gasteiger partial charge in [-0.05, 0) is 25.1 Å². The van der Waals surface area contributed by atoms with Crippen molar-refractivity contribution in [1.29, 1.82) is 0 Å². The molecule has 0 aliphatic heterocycles. The van der Waals surface area contributed by atoms with Crippen molar-refractivity contribution >= 4 is 28.1 Å². The third-order valence-electron chi connectivity index (χ3n) is 2.20. The van der Waals surface area contributed by atoms with Gasteiger partial charge in [0.2, 0.25) is 0 Å². The lowest BCUT2D eigenvalue weighted by atomic mass is 10.2. The SMILES string of the molecule is Cc1ccc2[nH]c(C(=O)ONS(=O)[O-])cc2c1. The molecule has 90 valence electrons. The predicted molar refractivity (Wildman–Crippen MR) is 60.5 cm³/mol. The van der Waals surface area contributed by atoms with Gasteiger partial charge in [0.15, 0.2) is 0 Å². The van der Waals surface area contributed by atoms with E-state index in [2.05, 4.69) is 9.82 Å². The summed E-state index contributed by atoms with van der Waals surface area (Å²) in [5.74, 6) is -0.789. The number of aromatic amines is 1. The molecule has 6 nitrogen and oxygen atoms in total. The molecule has 0 amide bonds. The number of rotatable bonds is 3. The van der Waals surface area contributed by atoms with Gasteiger partial charge in [-0.3, -0.25) is 4.21 Å². The largest absolute Gasteiger partial charge is 0.758 e. The van der Waals surface area contributed by atoms with Crippen LogP contribution in [0.3, 0.4) is 0 Å². The Morgan fingerprint density at radius 2 is 2.24 bits per heavy atom. The van der Waals surface area contributed by atoms with Crippen LogP contribution in [0.25, 0.3) is 10.9 Å². The number of hydrogen-bond donors (Lipinski definition) is 2. The van der Waals surface area contributed by atoms with Crippen LogP contribution in [-0.4, -0.2) is 19.7 Å². The predicted octanol–water partition coefficient (Wildman–Crippen LogP) is 0.932. The Bertz CT molecular complexity index is 593. The van der Waals surface area contributed by atoms with Gasteiger partial charge < -0.3 is 14.4 Å². The first kappa shape index (κ1) is 11.8. The molecular formula is C10H9N2O4S-. The molecule has 2 aromatic rings. The fourth-order valence-corrected chi connectivity index (χ4v) is 1.63. The Labute approximate surface area is 99.3 Å². The lowest BCUT2D eigenvalue weighted by Gasteiger charge is -2.05. The van der Waals surface area contributed by atoms with Crippen molar-refractivity contribution in [3.05, 3.63) is 35.5 Å². The van der Waals surface area contributed by atoms with E-state index in [0.29, 0.717) is 0 Å². The van der Waals surface area contributed by atoms with Gasteiger partial charge in [0.1, 0.15) is 5.69 Å². The number of aryl methyl sites for hydroxylation is 1. The Morgan fingerprint density at radius 3 is 2.94 bits per heavy atom. The Kier molecular flexibility index (Phi) is 3.23. The summed E-state index contributed by atoms with van der Waals surface area (Å²) in [5.41, 5.74) is 2.03. The first-order chi connectivity index (χ1) is 8.06. The summed E-state index contributed by atoms with van der Waals surface area (Å²) in [6.45, 7) is 1.94. The molecule has 1 aromatic carbocycles. The van der Waals surface area contributed by atoms with E-state index in [4.69, 9.17) is 0 Å². The van der Waals surface area contributed by atoms with Gasteiger partial charge in [-0.1, -0.05) is 16.5 Å². The van der Waals surface area contributed by atoms with Gasteiger partial charge in [-0.15, -0.1) is 0 Å². The minimum Gasteiger partial charge on any atom is -0.758 e. The molecule has 2 rings (SSSR count). The van der Waals surface area contributed by atoms with E-state index in [1.807, 2.05) is 25.1 Å². The molecule has 0 saturated carbocycles. The van der Waals surface area contributed by atoms with E-state index in [9.17, 15) is 13.6 Å². The molecule has 0 aliphatic carbocycles. The van der Waals surface area contributed by atoms with Crippen LogP contribution in [0.1, 0.15) is 16.1 Å². The molecule has 0 spiro atoms. The van der Waals surface area contributed by atoms with E-state index in [0.717, 1.165) is 16.5 Å². The second-order valence-corrected chi connectivity index (χ2v) is 4.12. The summed E-state index contributed by atoms with van der Waals surface area (Å²) < 4.78 is 20.3. The maximum absolute atomic E-state index is 11.4. The summed E-state index contributed by atoms with van der Waals surface area (Å²) in [6, 6.07) is 7.24. The van der Waals surface area contributed by atoms with Gasteiger partial charge >= 0.3 is 5.97 Å². The first-order valence-electron chi connectivity index (χ1n) is 4.72. The molecule has 0 bridgehead atoms. The standard InChI is InChI=1S/C10H10N2O4S/c1-6-2-3-8-7(4-6)5-9(11-8)10(13)16-12-17(14)15/h2-5,11-12H,1H3,(H,14,15)/p-1. The molecule has 1 aromatic heterocycles. The molecular weight excluding hydrogens is 244 g/mol. The average Bonchev–Trinajstić information content (AvgIpc) is 2.68. The number of H-pyrrole nitrogens is 1. The molecule has 1 unspecified atom stereocenters. The maximum atomic E-state index is 11.4. The lowest BCUT2D eigenvalue weighted by Crippen LogP contribution is -2.21. The van der Waals surface area contributed by atoms with E-state index in [-0.39, 0.29) is 5.69 Å². The number of nitrogens with one attached hydrogen (secondary N) is 2. The molecule has 1 atom stereocenters. The molecule has 2 N–H and O–H groups in total. The van der Waals surface area contributed by atoms with E-state index in [1.54, 1.807) is 11.0 Å². The quantitative estimate of drug-likeness (QED) is 0.628. The van der Waals surface area contributed by atoms with Crippen LogP contribution in [0, 0.1) is 6.92 Å². The zero-order valence-corrected chi connectivity index (χ0v) is 9.67. The zero-order chi connectivity index (χ0) is 12.4. The normalized spacial score (nSPS) is 12.6. The highest BCUT2D eigenvalue weighted by molar-refractivity contribution is 7.76. The van der Waals surface area contributed by atoms with Crippen LogP contribution in [-0.2, 0) is 16.1 Å². The third-order valence-corrected chi connectivity index (χ3v) is 2.42. The highest BCUT2D eigenvalue weighted by Crippen LogP contribution is 2.17. The molecule has 0 aliphatic rings.